The number of halogens is 2. The van der Waals surface area contributed by atoms with Gasteiger partial charge in [-0.15, -0.1) is 0 Å². The SMILES string of the molecule is CCOC(=O)C1=C(CN2CCOC[C@@H]2OC(=O)O)NC(c2cccc(C)n2)=N[C@H]1c1ccc(F)cc1Cl. The van der Waals surface area contributed by atoms with Crippen molar-refractivity contribution in [3.63, 3.8) is 0 Å². The molecule has 1 fully saturated rings. The Hall–Kier alpha value is -3.54. The van der Waals surface area contributed by atoms with E-state index in [1.54, 1.807) is 17.9 Å². The lowest BCUT2D eigenvalue weighted by molar-refractivity contribution is -0.139. The number of nitrogens with one attached hydrogen (secondary N) is 1. The quantitative estimate of drug-likeness (QED) is 0.516. The second kappa shape index (κ2) is 11.7. The van der Waals surface area contributed by atoms with Crippen LogP contribution in [-0.4, -0.2) is 72.1 Å². The maximum atomic E-state index is 13.9. The Balaban J connectivity index is 1.84. The summed E-state index contributed by atoms with van der Waals surface area (Å²) in [7, 11) is 0. The molecule has 0 amide bonds. The van der Waals surface area contributed by atoms with Gasteiger partial charge in [-0.25, -0.2) is 19.0 Å². The van der Waals surface area contributed by atoms with Crippen molar-refractivity contribution in [3.8, 4) is 0 Å². The van der Waals surface area contributed by atoms with Gasteiger partial charge in [0.25, 0.3) is 0 Å². The molecule has 2 N–H and O–H groups in total. The van der Waals surface area contributed by atoms with E-state index in [9.17, 15) is 19.1 Å². The zero-order chi connectivity index (χ0) is 26.5. The first-order valence-electron chi connectivity index (χ1n) is 11.6. The molecule has 1 saturated heterocycles. The van der Waals surface area contributed by atoms with Crippen LogP contribution in [0.2, 0.25) is 5.02 Å². The molecule has 1 aromatic carbocycles. The van der Waals surface area contributed by atoms with Crippen LogP contribution in [0.5, 0.6) is 0 Å². The number of benzene rings is 1. The molecule has 12 heteroatoms. The molecule has 1 aromatic heterocycles. The molecular formula is C25H26ClFN4O6. The second-order valence-corrected chi connectivity index (χ2v) is 8.74. The number of carbonyl (C=O) groups is 2. The third-order valence-corrected chi connectivity index (χ3v) is 6.13. The Labute approximate surface area is 217 Å². The van der Waals surface area contributed by atoms with Crippen LogP contribution >= 0.6 is 11.6 Å². The Morgan fingerprint density at radius 2 is 2.14 bits per heavy atom. The van der Waals surface area contributed by atoms with E-state index in [2.05, 4.69) is 10.3 Å². The molecule has 0 radical (unpaired) electrons. The molecule has 0 bridgehead atoms. The van der Waals surface area contributed by atoms with Gasteiger partial charge < -0.3 is 24.6 Å². The number of carboxylic acid groups (broad SMARTS) is 1. The minimum absolute atomic E-state index is 0.0297. The smallest absolute Gasteiger partial charge is 0.463 e. The van der Waals surface area contributed by atoms with Crippen LogP contribution in [0.25, 0.3) is 0 Å². The number of morpholine rings is 1. The molecule has 196 valence electrons. The van der Waals surface area contributed by atoms with Gasteiger partial charge in [0.1, 0.15) is 17.6 Å². The highest BCUT2D eigenvalue weighted by molar-refractivity contribution is 6.31. The number of nitrogens with zero attached hydrogens (tertiary/aromatic N) is 3. The number of pyridine rings is 1. The fourth-order valence-corrected chi connectivity index (χ4v) is 4.42. The first kappa shape index (κ1) is 26.5. The lowest BCUT2D eigenvalue weighted by Crippen LogP contribution is -2.50. The van der Waals surface area contributed by atoms with Crippen molar-refractivity contribution in [1.82, 2.24) is 15.2 Å². The Morgan fingerprint density at radius 3 is 2.84 bits per heavy atom. The van der Waals surface area contributed by atoms with E-state index < -0.39 is 30.2 Å². The zero-order valence-electron chi connectivity index (χ0n) is 20.2. The monoisotopic (exact) mass is 532 g/mol. The average molecular weight is 533 g/mol. The molecule has 2 aliphatic heterocycles. The van der Waals surface area contributed by atoms with Crippen molar-refractivity contribution in [3.05, 3.63) is 75.5 Å². The summed E-state index contributed by atoms with van der Waals surface area (Å²) in [5.74, 6) is -0.809. The van der Waals surface area contributed by atoms with E-state index in [0.29, 0.717) is 35.9 Å². The Morgan fingerprint density at radius 1 is 1.32 bits per heavy atom. The van der Waals surface area contributed by atoms with Crippen LogP contribution in [0.15, 0.2) is 52.7 Å². The van der Waals surface area contributed by atoms with Gasteiger partial charge in [0.2, 0.25) is 0 Å². The minimum atomic E-state index is -1.45. The summed E-state index contributed by atoms with van der Waals surface area (Å²) >= 11 is 6.42. The standard InChI is InChI=1S/C25H26ClFN4O6/c1-3-36-24(32)21-19(12-31-9-10-35-13-20(31)37-25(33)34)29-23(18-6-4-5-14(2)28-18)30-22(21)16-8-7-15(27)11-17(16)26/h4-8,11,20,22H,3,9-10,12-13H2,1-2H3,(H,29,30)(H,33,34)/t20-,22-/m0/s1. The number of hydrogen-bond acceptors (Lipinski definition) is 9. The summed E-state index contributed by atoms with van der Waals surface area (Å²) in [5.41, 5.74) is 2.23. The van der Waals surface area contributed by atoms with Crippen LogP contribution in [0.3, 0.4) is 0 Å². The number of aromatic nitrogens is 1. The summed E-state index contributed by atoms with van der Waals surface area (Å²) in [6, 6.07) is 8.35. The molecule has 3 heterocycles. The molecule has 37 heavy (non-hydrogen) atoms. The molecule has 2 aliphatic rings. The van der Waals surface area contributed by atoms with Crippen LogP contribution in [-0.2, 0) is 19.0 Å². The molecule has 10 nitrogen and oxygen atoms in total. The van der Waals surface area contributed by atoms with Crippen LogP contribution in [0.4, 0.5) is 9.18 Å². The lowest BCUT2D eigenvalue weighted by atomic mass is 9.94. The van der Waals surface area contributed by atoms with Gasteiger partial charge in [-0.05, 0) is 38.1 Å². The topological polar surface area (TPSA) is 123 Å². The number of carbonyl (C=O) groups excluding carboxylic acids is 1. The molecule has 2 aromatic rings. The number of amidine groups is 1. The predicted molar refractivity (Wildman–Crippen MR) is 132 cm³/mol. The van der Waals surface area contributed by atoms with Crippen molar-refractivity contribution >= 4 is 29.6 Å². The minimum Gasteiger partial charge on any atom is -0.463 e. The van der Waals surface area contributed by atoms with Crippen molar-refractivity contribution in [2.24, 2.45) is 4.99 Å². The van der Waals surface area contributed by atoms with Gasteiger partial charge in [-0.1, -0.05) is 23.7 Å². The number of aliphatic imine (C=N–C) groups is 1. The zero-order valence-corrected chi connectivity index (χ0v) is 21.0. The van der Waals surface area contributed by atoms with Crippen molar-refractivity contribution in [2.75, 3.05) is 32.9 Å². The summed E-state index contributed by atoms with van der Waals surface area (Å²) in [6.07, 6.45) is -2.34. The fraction of sp³-hybridized carbons (Fsp3) is 0.360. The van der Waals surface area contributed by atoms with E-state index in [0.717, 1.165) is 11.8 Å². The fourth-order valence-electron chi connectivity index (χ4n) is 4.15. The summed E-state index contributed by atoms with van der Waals surface area (Å²) < 4.78 is 29.6. The van der Waals surface area contributed by atoms with E-state index in [1.807, 2.05) is 19.1 Å². The van der Waals surface area contributed by atoms with Gasteiger partial charge in [0, 0.05) is 35.1 Å². The van der Waals surface area contributed by atoms with Crippen molar-refractivity contribution < 1.29 is 33.3 Å². The number of rotatable bonds is 7. The number of aryl methyl sites for hydroxylation is 1. The average Bonchev–Trinajstić information content (AvgIpc) is 2.84. The van der Waals surface area contributed by atoms with Gasteiger partial charge in [-0.2, -0.15) is 0 Å². The molecular weight excluding hydrogens is 507 g/mol. The molecule has 4 rings (SSSR count). The van der Waals surface area contributed by atoms with E-state index in [4.69, 9.17) is 30.8 Å². The molecule has 2 atom stereocenters. The maximum absolute atomic E-state index is 13.9. The Kier molecular flexibility index (Phi) is 8.37. The summed E-state index contributed by atoms with van der Waals surface area (Å²) in [6.45, 7) is 4.42. The van der Waals surface area contributed by atoms with Crippen molar-refractivity contribution in [1.29, 1.82) is 0 Å². The predicted octanol–water partition coefficient (Wildman–Crippen LogP) is 3.44. The molecule has 0 saturated carbocycles. The normalized spacial score (nSPS) is 20.2. The summed E-state index contributed by atoms with van der Waals surface area (Å²) in [4.78, 5) is 35.6. The molecule has 0 spiro atoms. The first-order chi connectivity index (χ1) is 17.8. The number of hydrogen-bond donors (Lipinski definition) is 2. The second-order valence-electron chi connectivity index (χ2n) is 8.33. The van der Waals surface area contributed by atoms with Crippen molar-refractivity contribution in [2.45, 2.75) is 26.1 Å². The van der Waals surface area contributed by atoms with Gasteiger partial charge in [-0.3, -0.25) is 9.89 Å². The Bertz CT molecular complexity index is 1250. The van der Waals surface area contributed by atoms with Crippen LogP contribution in [0, 0.1) is 12.7 Å². The van der Waals surface area contributed by atoms with Gasteiger partial charge in [0.05, 0.1) is 25.4 Å². The highest BCUT2D eigenvalue weighted by Gasteiger charge is 2.36. The summed E-state index contributed by atoms with van der Waals surface area (Å²) in [5, 5.41) is 12.5. The highest BCUT2D eigenvalue weighted by atomic mass is 35.5. The third-order valence-electron chi connectivity index (χ3n) is 5.80. The number of esters is 1. The highest BCUT2D eigenvalue weighted by Crippen LogP contribution is 2.37. The van der Waals surface area contributed by atoms with E-state index >= 15 is 0 Å². The lowest BCUT2D eigenvalue weighted by Gasteiger charge is -2.36. The van der Waals surface area contributed by atoms with Gasteiger partial charge >= 0.3 is 12.1 Å². The third kappa shape index (κ3) is 6.24. The van der Waals surface area contributed by atoms with Crippen LogP contribution < -0.4 is 5.32 Å². The largest absolute Gasteiger partial charge is 0.507 e. The molecule has 0 unspecified atom stereocenters. The maximum Gasteiger partial charge on any atom is 0.507 e. The number of ether oxygens (including phenoxy) is 3. The van der Waals surface area contributed by atoms with Crippen LogP contribution in [0.1, 0.15) is 29.9 Å². The molecule has 0 aliphatic carbocycles. The van der Waals surface area contributed by atoms with Gasteiger partial charge in [0.15, 0.2) is 12.1 Å². The first-order valence-corrected chi connectivity index (χ1v) is 12.0. The van der Waals surface area contributed by atoms with E-state index in [1.165, 1.54) is 12.1 Å². The van der Waals surface area contributed by atoms with E-state index in [-0.39, 0.29) is 30.4 Å².